The molecule has 2 aromatic carbocycles. The quantitative estimate of drug-likeness (QED) is 0.610. The number of H-pyrrole nitrogens is 1. The first-order valence-corrected chi connectivity index (χ1v) is 7.63. The Hall–Kier alpha value is -3.34. The maximum absolute atomic E-state index is 12.1. The zero-order valence-corrected chi connectivity index (χ0v) is 12.8. The molecule has 0 atom stereocenters. The Labute approximate surface area is 137 Å². The summed E-state index contributed by atoms with van der Waals surface area (Å²) in [5.74, 6) is 0.662. The predicted molar refractivity (Wildman–Crippen MR) is 92.6 cm³/mol. The van der Waals surface area contributed by atoms with Crippen molar-refractivity contribution >= 4 is 10.9 Å². The molecule has 0 amide bonds. The molecule has 4 rings (SSSR count). The number of benzene rings is 2. The standard InChI is InChI=1S/C19H15N3O2/c23-15-7-8-17-16(12-15)19(24)21-18(20-17)11-13-3-5-14(6-4-13)22-9-1-2-10-22/h1-10,12,23H,11H2,(H,20,21,24). The van der Waals surface area contributed by atoms with Crippen molar-refractivity contribution in [3.05, 3.63) is 88.7 Å². The normalized spacial score (nSPS) is 11.0. The fourth-order valence-corrected chi connectivity index (χ4v) is 2.74. The van der Waals surface area contributed by atoms with Crippen LogP contribution in [0.5, 0.6) is 5.75 Å². The lowest BCUT2D eigenvalue weighted by atomic mass is 10.1. The van der Waals surface area contributed by atoms with E-state index in [9.17, 15) is 9.90 Å². The molecule has 0 radical (unpaired) electrons. The summed E-state index contributed by atoms with van der Waals surface area (Å²) in [6.07, 6.45) is 4.53. The number of rotatable bonds is 3. The van der Waals surface area contributed by atoms with Gasteiger partial charge in [0.2, 0.25) is 0 Å². The third-order valence-electron chi connectivity index (χ3n) is 3.95. The second kappa shape index (κ2) is 5.70. The van der Waals surface area contributed by atoms with Crippen molar-refractivity contribution in [2.75, 3.05) is 0 Å². The summed E-state index contributed by atoms with van der Waals surface area (Å²) in [5, 5.41) is 9.87. The topological polar surface area (TPSA) is 70.9 Å². The van der Waals surface area contributed by atoms with Crippen LogP contribution in [-0.4, -0.2) is 19.6 Å². The summed E-state index contributed by atoms with van der Waals surface area (Å²) in [7, 11) is 0. The molecular weight excluding hydrogens is 302 g/mol. The molecule has 0 unspecified atom stereocenters. The van der Waals surface area contributed by atoms with E-state index < -0.39 is 0 Å². The molecule has 5 nitrogen and oxygen atoms in total. The van der Waals surface area contributed by atoms with E-state index in [-0.39, 0.29) is 11.3 Å². The highest BCUT2D eigenvalue weighted by Gasteiger charge is 2.06. The molecule has 118 valence electrons. The first-order valence-electron chi connectivity index (χ1n) is 7.63. The molecule has 0 spiro atoms. The summed E-state index contributed by atoms with van der Waals surface area (Å²) < 4.78 is 2.03. The van der Waals surface area contributed by atoms with Gasteiger partial charge in [0.05, 0.1) is 10.9 Å². The number of nitrogens with zero attached hydrogens (tertiary/aromatic N) is 2. The summed E-state index contributed by atoms with van der Waals surface area (Å²) in [4.78, 5) is 19.4. The number of hydrogen-bond acceptors (Lipinski definition) is 3. The fraction of sp³-hybridized carbons (Fsp3) is 0.0526. The molecule has 2 heterocycles. The number of phenols is 1. The molecule has 0 fully saturated rings. The number of nitrogens with one attached hydrogen (secondary N) is 1. The van der Waals surface area contributed by atoms with Crippen LogP contribution < -0.4 is 5.56 Å². The summed E-state index contributed by atoms with van der Waals surface area (Å²) in [6, 6.07) is 16.7. The smallest absolute Gasteiger partial charge is 0.258 e. The number of hydrogen-bond donors (Lipinski definition) is 2. The van der Waals surface area contributed by atoms with Crippen LogP contribution in [0.2, 0.25) is 0 Å². The maximum Gasteiger partial charge on any atom is 0.258 e. The first kappa shape index (κ1) is 14.3. The highest BCUT2D eigenvalue weighted by atomic mass is 16.3. The van der Waals surface area contributed by atoms with Gasteiger partial charge in [-0.1, -0.05) is 12.1 Å². The lowest BCUT2D eigenvalue weighted by Crippen LogP contribution is -2.12. The minimum absolute atomic E-state index is 0.0585. The van der Waals surface area contributed by atoms with E-state index in [0.29, 0.717) is 23.1 Å². The van der Waals surface area contributed by atoms with E-state index in [1.807, 2.05) is 53.4 Å². The van der Waals surface area contributed by atoms with Gasteiger partial charge in [0, 0.05) is 24.5 Å². The van der Waals surface area contributed by atoms with Gasteiger partial charge in [0.25, 0.3) is 5.56 Å². The van der Waals surface area contributed by atoms with Gasteiger partial charge in [0.1, 0.15) is 11.6 Å². The van der Waals surface area contributed by atoms with E-state index in [0.717, 1.165) is 11.3 Å². The summed E-state index contributed by atoms with van der Waals surface area (Å²) in [5.41, 5.74) is 2.48. The average molecular weight is 317 g/mol. The molecule has 2 N–H and O–H groups in total. The van der Waals surface area contributed by atoms with Gasteiger partial charge in [-0.2, -0.15) is 0 Å². The Morgan fingerprint density at radius 3 is 2.54 bits per heavy atom. The van der Waals surface area contributed by atoms with Gasteiger partial charge in [-0.25, -0.2) is 4.98 Å². The van der Waals surface area contributed by atoms with E-state index in [4.69, 9.17) is 0 Å². The van der Waals surface area contributed by atoms with Crippen LogP contribution >= 0.6 is 0 Å². The summed E-state index contributed by atoms with van der Waals surface area (Å²) >= 11 is 0. The fourth-order valence-electron chi connectivity index (χ4n) is 2.74. The van der Waals surface area contributed by atoms with Gasteiger partial charge in [-0.15, -0.1) is 0 Å². The van der Waals surface area contributed by atoms with Crippen LogP contribution in [0.15, 0.2) is 71.8 Å². The molecule has 0 aliphatic heterocycles. The maximum atomic E-state index is 12.1. The molecule has 0 aliphatic carbocycles. The van der Waals surface area contributed by atoms with Gasteiger partial charge in [-0.05, 0) is 48.0 Å². The third kappa shape index (κ3) is 2.67. The number of aromatic amines is 1. The Kier molecular flexibility index (Phi) is 3.39. The minimum atomic E-state index is -0.241. The van der Waals surface area contributed by atoms with Gasteiger partial charge in [0.15, 0.2) is 0 Å². The SMILES string of the molecule is O=c1[nH]c(Cc2ccc(-n3cccc3)cc2)nc2ccc(O)cc12. The zero-order valence-electron chi connectivity index (χ0n) is 12.8. The number of phenolic OH excluding ortho intramolecular Hbond substituents is 1. The molecule has 2 aromatic heterocycles. The van der Waals surface area contributed by atoms with E-state index >= 15 is 0 Å². The van der Waals surface area contributed by atoms with Crippen molar-refractivity contribution in [1.82, 2.24) is 14.5 Å². The van der Waals surface area contributed by atoms with Crippen molar-refractivity contribution < 1.29 is 5.11 Å². The van der Waals surface area contributed by atoms with E-state index in [2.05, 4.69) is 9.97 Å². The second-order valence-corrected chi connectivity index (χ2v) is 5.65. The van der Waals surface area contributed by atoms with Crippen LogP contribution in [0.4, 0.5) is 0 Å². The van der Waals surface area contributed by atoms with Gasteiger partial charge < -0.3 is 14.7 Å². The summed E-state index contributed by atoms with van der Waals surface area (Å²) in [6.45, 7) is 0. The molecule has 0 aliphatic rings. The van der Waals surface area contributed by atoms with Gasteiger partial charge >= 0.3 is 0 Å². The minimum Gasteiger partial charge on any atom is -0.508 e. The second-order valence-electron chi connectivity index (χ2n) is 5.65. The van der Waals surface area contributed by atoms with E-state index in [1.54, 1.807) is 6.07 Å². The lowest BCUT2D eigenvalue weighted by Gasteiger charge is -2.06. The Bertz CT molecular complexity index is 1050. The Balaban J connectivity index is 1.64. The third-order valence-corrected chi connectivity index (χ3v) is 3.95. The molecule has 0 saturated heterocycles. The molecule has 5 heteroatoms. The first-order chi connectivity index (χ1) is 11.7. The van der Waals surface area contributed by atoms with Gasteiger partial charge in [-0.3, -0.25) is 4.79 Å². The number of fused-ring (bicyclic) bond motifs is 1. The molecule has 4 aromatic rings. The largest absolute Gasteiger partial charge is 0.508 e. The van der Waals surface area contributed by atoms with Crippen LogP contribution in [0.3, 0.4) is 0 Å². The molecule has 0 saturated carbocycles. The van der Waals surface area contributed by atoms with Crippen molar-refractivity contribution in [3.63, 3.8) is 0 Å². The highest BCUT2D eigenvalue weighted by molar-refractivity contribution is 5.78. The molecule has 0 bridgehead atoms. The van der Waals surface area contributed by atoms with Crippen LogP contribution in [0, 0.1) is 0 Å². The molecule has 24 heavy (non-hydrogen) atoms. The predicted octanol–water partition coefficient (Wildman–Crippen LogP) is 3.01. The monoisotopic (exact) mass is 317 g/mol. The number of aromatic hydroxyl groups is 1. The zero-order chi connectivity index (χ0) is 16.5. The number of aromatic nitrogens is 3. The van der Waals surface area contributed by atoms with Crippen molar-refractivity contribution in [2.24, 2.45) is 0 Å². The van der Waals surface area contributed by atoms with Crippen molar-refractivity contribution in [1.29, 1.82) is 0 Å². The highest BCUT2D eigenvalue weighted by Crippen LogP contribution is 2.16. The van der Waals surface area contributed by atoms with Crippen LogP contribution in [0.1, 0.15) is 11.4 Å². The van der Waals surface area contributed by atoms with E-state index in [1.165, 1.54) is 12.1 Å². The molecular formula is C19H15N3O2. The Morgan fingerprint density at radius 1 is 1.04 bits per heavy atom. The van der Waals surface area contributed by atoms with Crippen molar-refractivity contribution in [3.8, 4) is 11.4 Å². The van der Waals surface area contributed by atoms with Crippen molar-refractivity contribution in [2.45, 2.75) is 6.42 Å². The van der Waals surface area contributed by atoms with Crippen LogP contribution in [-0.2, 0) is 6.42 Å². The lowest BCUT2D eigenvalue weighted by molar-refractivity contribution is 0.476. The van der Waals surface area contributed by atoms with Crippen LogP contribution in [0.25, 0.3) is 16.6 Å². The Morgan fingerprint density at radius 2 is 1.79 bits per heavy atom. The average Bonchev–Trinajstić information content (AvgIpc) is 3.11.